The first-order valence-corrected chi connectivity index (χ1v) is 16.4. The van der Waals surface area contributed by atoms with Crippen LogP contribution in [0.25, 0.3) is 0 Å². The molecular weight excluding hydrogens is 626 g/mol. The van der Waals surface area contributed by atoms with Crippen molar-refractivity contribution >= 4 is 46.3 Å². The number of piperidine rings is 1. The highest BCUT2D eigenvalue weighted by Crippen LogP contribution is 2.55. The Morgan fingerprint density at radius 3 is 2.43 bits per heavy atom. The molecule has 7 nitrogen and oxygen atoms in total. The van der Waals surface area contributed by atoms with Crippen molar-refractivity contribution in [1.29, 1.82) is 0 Å². The van der Waals surface area contributed by atoms with Gasteiger partial charge in [0, 0.05) is 39.8 Å². The molecule has 0 spiro atoms. The summed E-state index contributed by atoms with van der Waals surface area (Å²) in [5, 5.41) is 13.8. The average molecular weight is 661 g/mol. The number of carboxylic acids is 1. The van der Waals surface area contributed by atoms with E-state index >= 15 is 0 Å². The molecule has 1 heterocycles. The van der Waals surface area contributed by atoms with Crippen LogP contribution in [0.2, 0.25) is 10.0 Å². The molecule has 0 bridgehead atoms. The lowest BCUT2D eigenvalue weighted by Crippen LogP contribution is -2.59. The SMILES string of the molecule is C[C@@]1(CC(=O)O)C[C@H](c2cccc(Cl)c2)[C@H](C[C@@](c2ccc(Cl)cc2)(C2CC2)N(CCc2ccccc2F)S(=O)[O-])NC1=O. The Hall–Kier alpha value is -2.82. The highest BCUT2D eigenvalue weighted by Gasteiger charge is 2.55. The van der Waals surface area contributed by atoms with Gasteiger partial charge in [0.2, 0.25) is 5.91 Å². The van der Waals surface area contributed by atoms with Crippen molar-refractivity contribution < 1.29 is 27.8 Å². The van der Waals surface area contributed by atoms with Crippen molar-refractivity contribution in [3.05, 3.63) is 105 Å². The molecule has 5 atom stereocenters. The normalized spacial score (nSPS) is 24.0. The molecule has 3 aromatic carbocycles. The summed E-state index contributed by atoms with van der Waals surface area (Å²) in [5.74, 6) is -2.34. The second-order valence-corrected chi connectivity index (χ2v) is 13.9. The minimum atomic E-state index is -2.72. The summed E-state index contributed by atoms with van der Waals surface area (Å²) in [6, 6.07) is 20.0. The Labute approximate surface area is 269 Å². The first kappa shape index (κ1) is 32.6. The monoisotopic (exact) mass is 659 g/mol. The highest BCUT2D eigenvalue weighted by molar-refractivity contribution is 7.76. The number of benzene rings is 3. The first-order valence-electron chi connectivity index (χ1n) is 14.6. The Morgan fingerprint density at radius 1 is 1.11 bits per heavy atom. The quantitative estimate of drug-likeness (QED) is 0.212. The Kier molecular flexibility index (Phi) is 9.82. The largest absolute Gasteiger partial charge is 0.760 e. The van der Waals surface area contributed by atoms with E-state index in [9.17, 15) is 27.8 Å². The zero-order valence-corrected chi connectivity index (χ0v) is 26.5. The number of hydrogen-bond donors (Lipinski definition) is 2. The van der Waals surface area contributed by atoms with Gasteiger partial charge in [0.05, 0.1) is 17.4 Å². The van der Waals surface area contributed by atoms with Gasteiger partial charge in [0.25, 0.3) is 0 Å². The summed E-state index contributed by atoms with van der Waals surface area (Å²) in [7, 11) is 0. The number of halogens is 3. The van der Waals surface area contributed by atoms with E-state index in [0.717, 1.165) is 24.0 Å². The van der Waals surface area contributed by atoms with Gasteiger partial charge in [0.15, 0.2) is 0 Å². The van der Waals surface area contributed by atoms with Gasteiger partial charge >= 0.3 is 5.97 Å². The molecule has 234 valence electrons. The number of carboxylic acid groups (broad SMARTS) is 1. The smallest absolute Gasteiger partial charge is 0.304 e. The molecule has 2 N–H and O–H groups in total. The Balaban J connectivity index is 1.61. The van der Waals surface area contributed by atoms with Gasteiger partial charge in [-0.2, -0.15) is 0 Å². The topological polar surface area (TPSA) is 110 Å². The van der Waals surface area contributed by atoms with E-state index in [4.69, 9.17) is 23.2 Å². The molecule has 1 aliphatic heterocycles. The first-order chi connectivity index (χ1) is 20.9. The highest BCUT2D eigenvalue weighted by atomic mass is 35.5. The average Bonchev–Trinajstić information content (AvgIpc) is 3.81. The predicted molar refractivity (Wildman–Crippen MR) is 167 cm³/mol. The Morgan fingerprint density at radius 2 is 1.82 bits per heavy atom. The third-order valence-electron chi connectivity index (χ3n) is 9.13. The summed E-state index contributed by atoms with van der Waals surface area (Å²) in [6.45, 7) is 1.65. The molecule has 11 heteroatoms. The lowest BCUT2D eigenvalue weighted by molar-refractivity contribution is -0.147. The maximum atomic E-state index is 14.6. The summed E-state index contributed by atoms with van der Waals surface area (Å²) < 4.78 is 42.4. The number of carbonyl (C=O) groups is 2. The molecular formula is C33H34Cl2FN2O5S-. The summed E-state index contributed by atoms with van der Waals surface area (Å²) in [5.41, 5.74) is -0.348. The number of aliphatic carboxylic acids is 1. The van der Waals surface area contributed by atoms with Crippen LogP contribution in [0, 0.1) is 17.2 Å². The van der Waals surface area contributed by atoms with Crippen molar-refractivity contribution in [2.24, 2.45) is 11.3 Å². The maximum Gasteiger partial charge on any atom is 0.304 e. The van der Waals surface area contributed by atoms with Crippen molar-refractivity contribution in [3.63, 3.8) is 0 Å². The van der Waals surface area contributed by atoms with Crippen LogP contribution in [0.5, 0.6) is 0 Å². The fourth-order valence-electron chi connectivity index (χ4n) is 6.86. The third kappa shape index (κ3) is 6.87. The van der Waals surface area contributed by atoms with Gasteiger partial charge in [-0.25, -0.2) is 8.70 Å². The molecule has 1 saturated carbocycles. The van der Waals surface area contributed by atoms with Crippen LogP contribution in [-0.2, 0) is 32.8 Å². The zero-order valence-electron chi connectivity index (χ0n) is 24.2. The molecule has 1 saturated heterocycles. The van der Waals surface area contributed by atoms with E-state index in [0.29, 0.717) is 15.6 Å². The van der Waals surface area contributed by atoms with E-state index in [2.05, 4.69) is 5.32 Å². The van der Waals surface area contributed by atoms with Gasteiger partial charge in [0.1, 0.15) is 5.82 Å². The molecule has 3 aromatic rings. The fraction of sp³-hybridized carbons (Fsp3) is 0.394. The third-order valence-corrected chi connectivity index (χ3v) is 10.5. The summed E-state index contributed by atoms with van der Waals surface area (Å²) in [6.07, 6.45) is 1.75. The number of rotatable bonds is 12. The fourth-order valence-corrected chi connectivity index (χ4v) is 8.03. The lowest BCUT2D eigenvalue weighted by Gasteiger charge is -2.50. The molecule has 0 aromatic heterocycles. The van der Waals surface area contributed by atoms with Crippen LogP contribution in [0.3, 0.4) is 0 Å². The standard InChI is InChI=1S/C33H35Cl2FN2O5S/c1-32(20-30(39)40)18-27(22-6-4-7-26(35)17-22)29(37-31(32)41)19-33(23-9-10-23,24-11-13-25(34)14-12-24)38(44(42)43)16-15-21-5-2-3-8-28(21)36/h2-8,11-14,17,23,27,29H,9-10,15-16,18-20H2,1H3,(H,37,41)(H,39,40)(H,42,43)/p-1/t27-,29+,32+,33+/m1/s1. The number of nitrogens with zero attached hydrogens (tertiary/aromatic N) is 1. The maximum absolute atomic E-state index is 14.6. The predicted octanol–water partition coefficient (Wildman–Crippen LogP) is 6.62. The van der Waals surface area contributed by atoms with E-state index in [1.807, 2.05) is 18.2 Å². The van der Waals surface area contributed by atoms with Crippen LogP contribution in [0.4, 0.5) is 4.39 Å². The minimum Gasteiger partial charge on any atom is -0.760 e. The molecule has 0 radical (unpaired) electrons. The number of amides is 1. The second kappa shape index (κ2) is 13.3. The van der Waals surface area contributed by atoms with Crippen molar-refractivity contribution in [2.75, 3.05) is 6.54 Å². The number of carbonyl (C=O) groups excluding carboxylic acids is 1. The molecule has 1 unspecified atom stereocenters. The zero-order chi connectivity index (χ0) is 31.6. The summed E-state index contributed by atoms with van der Waals surface area (Å²) >= 11 is 9.94. The molecule has 44 heavy (non-hydrogen) atoms. The van der Waals surface area contributed by atoms with Crippen molar-refractivity contribution in [3.8, 4) is 0 Å². The Bertz CT molecular complexity index is 1560. The lowest BCUT2D eigenvalue weighted by atomic mass is 9.66. The van der Waals surface area contributed by atoms with Gasteiger partial charge in [-0.3, -0.25) is 13.8 Å². The molecule has 1 aliphatic carbocycles. The van der Waals surface area contributed by atoms with Crippen LogP contribution in [-0.4, -0.2) is 42.6 Å². The number of nitrogens with one attached hydrogen (secondary N) is 1. The molecule has 5 rings (SSSR count). The van der Waals surface area contributed by atoms with Gasteiger partial charge in [-0.1, -0.05) is 72.6 Å². The van der Waals surface area contributed by atoms with Crippen LogP contribution >= 0.6 is 23.2 Å². The summed E-state index contributed by atoms with van der Waals surface area (Å²) in [4.78, 5) is 25.4. The second-order valence-electron chi connectivity index (χ2n) is 12.1. The van der Waals surface area contributed by atoms with Crippen molar-refractivity contribution in [2.45, 2.75) is 62.9 Å². The van der Waals surface area contributed by atoms with Gasteiger partial charge in [-0.05, 0) is 85.0 Å². The van der Waals surface area contributed by atoms with Crippen LogP contribution in [0.15, 0.2) is 72.8 Å². The molecule has 2 fully saturated rings. The minimum absolute atomic E-state index is 0.00932. The van der Waals surface area contributed by atoms with E-state index < -0.39 is 46.0 Å². The van der Waals surface area contributed by atoms with E-state index in [1.165, 1.54) is 10.4 Å². The van der Waals surface area contributed by atoms with Gasteiger partial charge < -0.3 is 15.0 Å². The van der Waals surface area contributed by atoms with E-state index in [-0.39, 0.29) is 44.1 Å². The molecule has 1 amide bonds. The van der Waals surface area contributed by atoms with Crippen molar-refractivity contribution in [1.82, 2.24) is 9.62 Å². The van der Waals surface area contributed by atoms with Crippen LogP contribution in [0.1, 0.15) is 61.6 Å². The van der Waals surface area contributed by atoms with Crippen LogP contribution < -0.4 is 5.32 Å². The van der Waals surface area contributed by atoms with E-state index in [1.54, 1.807) is 55.5 Å². The molecule has 2 aliphatic rings. The number of hydrogen-bond acceptors (Lipinski definition) is 4. The van der Waals surface area contributed by atoms with Gasteiger partial charge in [-0.15, -0.1) is 0 Å².